The average Bonchev–Trinajstić information content (AvgIpc) is 3.09. The molecular weight excluding hydrogens is 348 g/mol. The molecule has 0 aliphatic carbocycles. The molecule has 0 saturated carbocycles. The molecule has 2 fully saturated rings. The predicted octanol–water partition coefficient (Wildman–Crippen LogP) is 2.27. The lowest BCUT2D eigenvalue weighted by atomic mass is 9.97. The summed E-state index contributed by atoms with van der Waals surface area (Å²) in [5.41, 5.74) is 0.592. The number of halogens is 1. The molecule has 120 valence electrons. The molecule has 5 nitrogen and oxygen atoms in total. The van der Waals surface area contributed by atoms with Gasteiger partial charge in [-0.3, -0.25) is 9.69 Å². The van der Waals surface area contributed by atoms with E-state index in [2.05, 4.69) is 26.1 Å². The van der Waals surface area contributed by atoms with Gasteiger partial charge >= 0.3 is 0 Å². The molecule has 1 aromatic carbocycles. The third-order valence-corrected chi connectivity index (χ3v) is 4.94. The molecule has 2 saturated heterocycles. The Morgan fingerprint density at radius 1 is 1.50 bits per heavy atom. The minimum atomic E-state index is -0.216. The third kappa shape index (κ3) is 3.35. The first kappa shape index (κ1) is 15.9. The second-order valence-electron chi connectivity index (χ2n) is 5.97. The highest BCUT2D eigenvalue weighted by Crippen LogP contribution is 2.36. The van der Waals surface area contributed by atoms with Gasteiger partial charge in [-0.1, -0.05) is 15.9 Å². The average molecular weight is 369 g/mol. The normalized spacial score (nSPS) is 28.4. The monoisotopic (exact) mass is 368 g/mol. The second kappa shape index (κ2) is 6.66. The van der Waals surface area contributed by atoms with Crippen LogP contribution in [0.2, 0.25) is 0 Å². The van der Waals surface area contributed by atoms with Gasteiger partial charge in [0.25, 0.3) is 0 Å². The van der Waals surface area contributed by atoms with Crippen LogP contribution >= 0.6 is 15.9 Å². The maximum atomic E-state index is 12.2. The van der Waals surface area contributed by atoms with Crippen LogP contribution in [0.25, 0.3) is 0 Å². The molecule has 0 unspecified atom stereocenters. The van der Waals surface area contributed by atoms with E-state index in [0.29, 0.717) is 6.54 Å². The Kier molecular flexibility index (Phi) is 4.82. The zero-order valence-electron chi connectivity index (χ0n) is 12.7. The van der Waals surface area contributed by atoms with E-state index in [1.165, 1.54) is 0 Å². The summed E-state index contributed by atoms with van der Waals surface area (Å²) in [7, 11) is 1.72. The van der Waals surface area contributed by atoms with E-state index in [0.717, 1.165) is 42.7 Å². The lowest BCUT2D eigenvalue weighted by Crippen LogP contribution is -2.42. The van der Waals surface area contributed by atoms with Gasteiger partial charge in [0, 0.05) is 37.0 Å². The fourth-order valence-electron chi connectivity index (χ4n) is 3.39. The van der Waals surface area contributed by atoms with E-state index in [1.807, 2.05) is 24.3 Å². The van der Waals surface area contributed by atoms with Gasteiger partial charge in [0.15, 0.2) is 0 Å². The highest BCUT2D eigenvalue weighted by molar-refractivity contribution is 9.10. The number of rotatable bonds is 4. The Morgan fingerprint density at radius 2 is 2.27 bits per heavy atom. The number of amides is 1. The molecule has 22 heavy (non-hydrogen) atoms. The minimum absolute atomic E-state index is 0.00720. The summed E-state index contributed by atoms with van der Waals surface area (Å²) in [5.74, 6) is -0.00720. The summed E-state index contributed by atoms with van der Waals surface area (Å²) in [5, 5.41) is 2.92. The van der Waals surface area contributed by atoms with Crippen molar-refractivity contribution in [3.8, 4) is 0 Å². The summed E-state index contributed by atoms with van der Waals surface area (Å²) < 4.78 is 12.5. The van der Waals surface area contributed by atoms with Crippen LogP contribution in [0.4, 0.5) is 5.69 Å². The molecular formula is C16H21BrN2O3. The van der Waals surface area contributed by atoms with Crippen molar-refractivity contribution in [1.29, 1.82) is 0 Å². The number of anilines is 1. The number of benzene rings is 1. The number of carbonyl (C=O) groups excluding carboxylic acids is 1. The lowest BCUT2D eigenvalue weighted by molar-refractivity contribution is -0.117. The third-order valence-electron chi connectivity index (χ3n) is 4.42. The van der Waals surface area contributed by atoms with Crippen molar-refractivity contribution in [2.24, 2.45) is 0 Å². The van der Waals surface area contributed by atoms with Crippen molar-refractivity contribution >= 4 is 27.5 Å². The highest BCUT2D eigenvalue weighted by Gasteiger charge is 2.50. The Hall–Kier alpha value is -0.950. The number of nitrogens with one attached hydrogen (secondary N) is 1. The van der Waals surface area contributed by atoms with Crippen LogP contribution < -0.4 is 5.32 Å². The van der Waals surface area contributed by atoms with Crippen molar-refractivity contribution in [1.82, 2.24) is 4.90 Å². The fourth-order valence-corrected chi connectivity index (χ4v) is 3.65. The Labute approximate surface area is 139 Å². The van der Waals surface area contributed by atoms with Crippen molar-refractivity contribution in [2.75, 3.05) is 38.7 Å². The number of carbonyl (C=O) groups is 1. The number of ether oxygens (including phenoxy) is 2. The fraction of sp³-hybridized carbons (Fsp3) is 0.562. The van der Waals surface area contributed by atoms with Crippen molar-refractivity contribution in [3.63, 3.8) is 0 Å². The summed E-state index contributed by atoms with van der Waals surface area (Å²) >= 11 is 3.38. The first-order valence-corrected chi connectivity index (χ1v) is 8.35. The van der Waals surface area contributed by atoms with E-state index in [-0.39, 0.29) is 17.6 Å². The van der Waals surface area contributed by atoms with Gasteiger partial charge in [0.05, 0.1) is 12.6 Å². The molecule has 2 aliphatic heterocycles. The van der Waals surface area contributed by atoms with Gasteiger partial charge in [-0.15, -0.1) is 0 Å². The van der Waals surface area contributed by atoms with Gasteiger partial charge in [-0.2, -0.15) is 0 Å². The number of hydrogen-bond donors (Lipinski definition) is 1. The molecule has 2 aliphatic rings. The van der Waals surface area contributed by atoms with E-state index in [9.17, 15) is 4.79 Å². The molecule has 3 rings (SSSR count). The molecule has 1 spiro atoms. The Bertz CT molecular complexity index is 529. The highest BCUT2D eigenvalue weighted by atomic mass is 79.9. The van der Waals surface area contributed by atoms with Crippen molar-refractivity contribution < 1.29 is 14.3 Å². The first-order chi connectivity index (χ1) is 10.6. The Balaban J connectivity index is 1.57. The molecule has 1 aromatic rings. The summed E-state index contributed by atoms with van der Waals surface area (Å²) in [6, 6.07) is 7.58. The van der Waals surface area contributed by atoms with Crippen LogP contribution in [-0.2, 0) is 14.3 Å². The molecule has 1 N–H and O–H groups in total. The molecule has 0 radical (unpaired) electrons. The van der Waals surface area contributed by atoms with E-state index in [1.54, 1.807) is 7.11 Å². The van der Waals surface area contributed by atoms with Crippen LogP contribution in [0.15, 0.2) is 28.7 Å². The largest absolute Gasteiger partial charge is 0.377 e. The second-order valence-corrected chi connectivity index (χ2v) is 6.88. The molecule has 0 aromatic heterocycles. The number of nitrogens with zero attached hydrogens (tertiary/aromatic N) is 1. The standard InChI is InChI=1S/C16H21BrN2O3/c1-21-14-9-19(11-16(14)7-2-8-22-16)10-15(20)18-13-5-3-12(17)4-6-13/h3-6,14H,2,7-11H2,1H3,(H,18,20)/t14-,16-/m1/s1. The zero-order valence-corrected chi connectivity index (χ0v) is 14.3. The maximum Gasteiger partial charge on any atom is 0.238 e. The SMILES string of the molecule is CO[C@@H]1CN(CC(=O)Nc2ccc(Br)cc2)C[C@]12CCCO2. The van der Waals surface area contributed by atoms with E-state index >= 15 is 0 Å². The predicted molar refractivity (Wildman–Crippen MR) is 87.9 cm³/mol. The number of methoxy groups -OCH3 is 1. The molecule has 2 atom stereocenters. The summed E-state index contributed by atoms with van der Waals surface area (Å²) in [6.07, 6.45) is 2.13. The molecule has 1 amide bonds. The Morgan fingerprint density at radius 3 is 2.91 bits per heavy atom. The topological polar surface area (TPSA) is 50.8 Å². The van der Waals surface area contributed by atoms with Gasteiger partial charge in [-0.25, -0.2) is 0 Å². The minimum Gasteiger partial charge on any atom is -0.377 e. The molecule has 6 heteroatoms. The quantitative estimate of drug-likeness (QED) is 0.885. The van der Waals surface area contributed by atoms with Crippen LogP contribution in [0.1, 0.15) is 12.8 Å². The molecule has 2 heterocycles. The van der Waals surface area contributed by atoms with Crippen LogP contribution in [0.3, 0.4) is 0 Å². The van der Waals surface area contributed by atoms with Crippen LogP contribution in [0.5, 0.6) is 0 Å². The van der Waals surface area contributed by atoms with Crippen molar-refractivity contribution in [2.45, 2.75) is 24.5 Å². The van der Waals surface area contributed by atoms with Gasteiger partial charge in [0.1, 0.15) is 5.60 Å². The number of hydrogen-bond acceptors (Lipinski definition) is 4. The van der Waals surface area contributed by atoms with Crippen molar-refractivity contribution in [3.05, 3.63) is 28.7 Å². The van der Waals surface area contributed by atoms with Crippen LogP contribution in [0, 0.1) is 0 Å². The smallest absolute Gasteiger partial charge is 0.238 e. The first-order valence-electron chi connectivity index (χ1n) is 7.56. The summed E-state index contributed by atoms with van der Waals surface area (Å²) in [4.78, 5) is 14.3. The van der Waals surface area contributed by atoms with Crippen LogP contribution in [-0.4, -0.2) is 55.9 Å². The van der Waals surface area contributed by atoms with Gasteiger partial charge in [-0.05, 0) is 37.1 Å². The van der Waals surface area contributed by atoms with E-state index < -0.39 is 0 Å². The lowest BCUT2D eigenvalue weighted by Gasteiger charge is -2.28. The molecule has 0 bridgehead atoms. The number of likely N-dealkylation sites (tertiary alicyclic amines) is 1. The van der Waals surface area contributed by atoms with E-state index in [4.69, 9.17) is 9.47 Å². The van der Waals surface area contributed by atoms with Gasteiger partial charge in [0.2, 0.25) is 5.91 Å². The van der Waals surface area contributed by atoms with Gasteiger partial charge < -0.3 is 14.8 Å². The summed E-state index contributed by atoms with van der Waals surface area (Å²) in [6.45, 7) is 2.66. The zero-order chi connectivity index (χ0) is 15.6. The maximum absolute atomic E-state index is 12.2.